The second-order valence-electron chi connectivity index (χ2n) is 4.85. The molecule has 9 heteroatoms. The average Bonchev–Trinajstić information content (AvgIpc) is 2.78. The van der Waals surface area contributed by atoms with E-state index in [4.69, 9.17) is 9.88 Å². The van der Waals surface area contributed by atoms with Gasteiger partial charge in [0.15, 0.2) is 5.69 Å². The minimum Gasteiger partial charge on any atom is -0.377 e. The molecule has 0 aliphatic heterocycles. The molecule has 0 aliphatic carbocycles. The van der Waals surface area contributed by atoms with E-state index >= 15 is 0 Å². The molecular formula is C12H22N4O4S. The van der Waals surface area contributed by atoms with Gasteiger partial charge in [-0.15, -0.1) is 0 Å². The van der Waals surface area contributed by atoms with Crippen LogP contribution in [0.25, 0.3) is 0 Å². The van der Waals surface area contributed by atoms with E-state index in [9.17, 15) is 13.2 Å². The molecule has 0 radical (unpaired) electrons. The Kier molecular flexibility index (Phi) is 6.31. The largest absolute Gasteiger partial charge is 0.377 e. The Morgan fingerprint density at radius 2 is 2.14 bits per heavy atom. The summed E-state index contributed by atoms with van der Waals surface area (Å²) in [7, 11) is -4.02. The fourth-order valence-electron chi connectivity index (χ4n) is 1.79. The molecule has 4 N–H and O–H groups in total. The summed E-state index contributed by atoms with van der Waals surface area (Å²) in [6.07, 6.45) is 1.21. The first-order valence-electron chi connectivity index (χ1n) is 6.77. The van der Waals surface area contributed by atoms with E-state index in [2.05, 4.69) is 15.5 Å². The molecule has 0 spiro atoms. The zero-order chi connectivity index (χ0) is 16.0. The number of primary sulfonamides is 1. The lowest BCUT2D eigenvalue weighted by atomic mass is 10.2. The number of hydrogen-bond donors (Lipinski definition) is 3. The third-order valence-electron chi connectivity index (χ3n) is 2.63. The van der Waals surface area contributed by atoms with Crippen LogP contribution in [0.3, 0.4) is 0 Å². The number of sulfonamides is 1. The summed E-state index contributed by atoms with van der Waals surface area (Å²) < 4.78 is 28.6. The average molecular weight is 318 g/mol. The lowest BCUT2D eigenvalue weighted by molar-refractivity contribution is 0.0743. The van der Waals surface area contributed by atoms with Crippen molar-refractivity contribution in [3.05, 3.63) is 11.4 Å². The number of carbonyl (C=O) groups is 1. The molecule has 0 aliphatic rings. The van der Waals surface area contributed by atoms with Crippen LogP contribution in [0.15, 0.2) is 4.90 Å². The summed E-state index contributed by atoms with van der Waals surface area (Å²) in [6, 6.07) is 0. The van der Waals surface area contributed by atoms with Crippen LogP contribution in [0.1, 0.15) is 43.4 Å². The number of aromatic amines is 1. The summed E-state index contributed by atoms with van der Waals surface area (Å²) in [5.74, 6) is -0.593. The number of rotatable bonds is 8. The number of hydrogen-bond acceptors (Lipinski definition) is 5. The van der Waals surface area contributed by atoms with Gasteiger partial charge in [0.2, 0.25) is 10.0 Å². The van der Waals surface area contributed by atoms with Gasteiger partial charge in [0.1, 0.15) is 4.90 Å². The highest BCUT2D eigenvalue weighted by atomic mass is 32.2. The van der Waals surface area contributed by atoms with Crippen LogP contribution >= 0.6 is 0 Å². The van der Waals surface area contributed by atoms with Gasteiger partial charge >= 0.3 is 0 Å². The highest BCUT2D eigenvalue weighted by Gasteiger charge is 2.26. The Bertz CT molecular complexity index is 580. The van der Waals surface area contributed by atoms with Crippen molar-refractivity contribution in [2.45, 2.75) is 44.6 Å². The van der Waals surface area contributed by atoms with E-state index in [0.717, 1.165) is 0 Å². The molecule has 0 bridgehead atoms. The topological polar surface area (TPSA) is 127 Å². The molecule has 0 unspecified atom stereocenters. The molecule has 21 heavy (non-hydrogen) atoms. The van der Waals surface area contributed by atoms with Crippen molar-refractivity contribution < 1.29 is 17.9 Å². The number of nitrogens with two attached hydrogens (primary N) is 1. The maximum atomic E-state index is 12.0. The molecule has 0 atom stereocenters. The monoisotopic (exact) mass is 318 g/mol. The Hall–Kier alpha value is -1.45. The summed E-state index contributed by atoms with van der Waals surface area (Å²) >= 11 is 0. The van der Waals surface area contributed by atoms with Crippen LogP contribution in [-0.2, 0) is 21.2 Å². The number of H-pyrrole nitrogens is 1. The second kappa shape index (κ2) is 7.53. The van der Waals surface area contributed by atoms with E-state index < -0.39 is 15.9 Å². The molecule has 120 valence electrons. The Labute approximate surface area is 124 Å². The minimum absolute atomic E-state index is 0.0587. The number of nitrogens with one attached hydrogen (secondary N) is 2. The fourth-order valence-corrected chi connectivity index (χ4v) is 2.69. The predicted octanol–water partition coefficient (Wildman–Crippen LogP) is 0.164. The van der Waals surface area contributed by atoms with Crippen molar-refractivity contribution in [2.75, 3.05) is 13.2 Å². The number of nitrogens with zero attached hydrogens (tertiary/aromatic N) is 1. The Morgan fingerprint density at radius 1 is 1.48 bits per heavy atom. The number of amides is 1. The van der Waals surface area contributed by atoms with Gasteiger partial charge in [-0.2, -0.15) is 5.10 Å². The van der Waals surface area contributed by atoms with Crippen molar-refractivity contribution in [1.82, 2.24) is 15.5 Å². The maximum absolute atomic E-state index is 12.0. The maximum Gasteiger partial charge on any atom is 0.273 e. The molecule has 1 rings (SSSR count). The first-order valence-corrected chi connectivity index (χ1v) is 8.31. The summed E-state index contributed by atoms with van der Waals surface area (Å²) in [4.78, 5) is 11.8. The molecular weight excluding hydrogens is 296 g/mol. The normalized spacial score (nSPS) is 11.9. The summed E-state index contributed by atoms with van der Waals surface area (Å²) in [5.41, 5.74) is 0.147. The lowest BCUT2D eigenvalue weighted by Crippen LogP contribution is -2.30. The highest BCUT2D eigenvalue weighted by molar-refractivity contribution is 7.89. The number of ether oxygens (including phenoxy) is 1. The predicted molar refractivity (Wildman–Crippen MR) is 77.4 cm³/mol. The summed E-state index contributed by atoms with van der Waals surface area (Å²) in [5, 5.41) is 14.1. The third kappa shape index (κ3) is 5.10. The van der Waals surface area contributed by atoms with Crippen LogP contribution in [-0.4, -0.2) is 43.8 Å². The minimum atomic E-state index is -4.02. The number of carbonyl (C=O) groups excluding carboxylic acids is 1. The molecule has 0 aromatic carbocycles. The van der Waals surface area contributed by atoms with Gasteiger partial charge in [0, 0.05) is 6.54 Å². The molecule has 1 aromatic heterocycles. The third-order valence-corrected chi connectivity index (χ3v) is 3.64. The highest BCUT2D eigenvalue weighted by Crippen LogP contribution is 2.18. The Morgan fingerprint density at radius 3 is 2.67 bits per heavy atom. The van der Waals surface area contributed by atoms with E-state index in [1.54, 1.807) is 0 Å². The second-order valence-corrected chi connectivity index (χ2v) is 6.35. The first-order chi connectivity index (χ1) is 9.77. The van der Waals surface area contributed by atoms with Gasteiger partial charge in [-0.3, -0.25) is 9.89 Å². The van der Waals surface area contributed by atoms with Crippen molar-refractivity contribution in [3.63, 3.8) is 0 Å². The zero-order valence-electron chi connectivity index (χ0n) is 12.5. The lowest BCUT2D eigenvalue weighted by Gasteiger charge is -2.08. The van der Waals surface area contributed by atoms with Gasteiger partial charge in [0.05, 0.1) is 18.4 Å². The Balaban J connectivity index is 2.85. The van der Waals surface area contributed by atoms with E-state index in [-0.39, 0.29) is 23.2 Å². The van der Waals surface area contributed by atoms with Crippen LogP contribution in [0.4, 0.5) is 0 Å². The standard InChI is InChI=1S/C12H22N4O4S/c1-4-5-9-11(21(13,18)19)10(16-15-9)12(17)14-6-7-20-8(2)3/h8H,4-7H2,1-3H3,(H,14,17)(H,15,16)(H2,13,18,19). The van der Waals surface area contributed by atoms with E-state index in [1.165, 1.54) is 0 Å². The first kappa shape index (κ1) is 17.6. The number of aryl methyl sites for hydroxylation is 1. The van der Waals surface area contributed by atoms with Gasteiger partial charge in [-0.25, -0.2) is 13.6 Å². The quantitative estimate of drug-likeness (QED) is 0.589. The van der Waals surface area contributed by atoms with Crippen LogP contribution < -0.4 is 10.5 Å². The molecule has 1 heterocycles. The summed E-state index contributed by atoms with van der Waals surface area (Å²) in [6.45, 7) is 6.24. The van der Waals surface area contributed by atoms with Crippen LogP contribution in [0.2, 0.25) is 0 Å². The fraction of sp³-hybridized carbons (Fsp3) is 0.667. The van der Waals surface area contributed by atoms with Gasteiger partial charge in [-0.1, -0.05) is 13.3 Å². The van der Waals surface area contributed by atoms with Crippen molar-refractivity contribution >= 4 is 15.9 Å². The van der Waals surface area contributed by atoms with Crippen molar-refractivity contribution in [3.8, 4) is 0 Å². The molecule has 0 saturated heterocycles. The number of aromatic nitrogens is 2. The molecule has 0 saturated carbocycles. The smallest absolute Gasteiger partial charge is 0.273 e. The van der Waals surface area contributed by atoms with Crippen LogP contribution in [0, 0.1) is 0 Å². The molecule has 8 nitrogen and oxygen atoms in total. The van der Waals surface area contributed by atoms with Gasteiger partial charge < -0.3 is 10.1 Å². The van der Waals surface area contributed by atoms with Gasteiger partial charge in [-0.05, 0) is 20.3 Å². The van der Waals surface area contributed by atoms with E-state index in [1.807, 2.05) is 20.8 Å². The molecule has 1 aromatic rings. The molecule has 1 amide bonds. The SMILES string of the molecule is CCCc1[nH]nc(C(=O)NCCOC(C)C)c1S(N)(=O)=O. The van der Waals surface area contributed by atoms with Crippen molar-refractivity contribution in [1.29, 1.82) is 0 Å². The van der Waals surface area contributed by atoms with E-state index in [0.29, 0.717) is 25.1 Å². The van der Waals surface area contributed by atoms with Crippen LogP contribution in [0.5, 0.6) is 0 Å². The molecule has 0 fully saturated rings. The zero-order valence-corrected chi connectivity index (χ0v) is 13.3. The van der Waals surface area contributed by atoms with Gasteiger partial charge in [0.25, 0.3) is 5.91 Å². The van der Waals surface area contributed by atoms with Crippen molar-refractivity contribution in [2.24, 2.45) is 5.14 Å².